The van der Waals surface area contributed by atoms with E-state index in [4.69, 9.17) is 14.2 Å². The molecule has 5 heteroatoms. The molecule has 0 aliphatic heterocycles. The molecule has 2 aromatic rings. The molecule has 4 nitrogen and oxygen atoms in total. The summed E-state index contributed by atoms with van der Waals surface area (Å²) >= 11 is 0. The molecule has 0 saturated heterocycles. The summed E-state index contributed by atoms with van der Waals surface area (Å²) < 4.78 is 30.8. The molecule has 142 valence electrons. The minimum absolute atomic E-state index is 0.161. The van der Waals surface area contributed by atoms with Gasteiger partial charge in [-0.05, 0) is 38.9 Å². The highest BCUT2D eigenvalue weighted by molar-refractivity contribution is 5.46. The second-order valence-corrected chi connectivity index (χ2v) is 5.78. The van der Waals surface area contributed by atoms with E-state index < -0.39 is 0 Å². The first kappa shape index (κ1) is 20.2. The number of nitrogens with one attached hydrogen (secondary N) is 1. The van der Waals surface area contributed by atoms with Crippen LogP contribution in [0.2, 0.25) is 0 Å². The first-order valence-electron chi connectivity index (χ1n) is 9.15. The Morgan fingerprint density at radius 3 is 2.50 bits per heavy atom. The Morgan fingerprint density at radius 2 is 1.73 bits per heavy atom. The molecule has 0 bridgehead atoms. The fraction of sp³-hybridized carbons (Fsp3) is 0.429. The van der Waals surface area contributed by atoms with Gasteiger partial charge in [0.1, 0.15) is 12.4 Å². The van der Waals surface area contributed by atoms with Gasteiger partial charge in [-0.3, -0.25) is 0 Å². The van der Waals surface area contributed by atoms with Crippen molar-refractivity contribution in [3.05, 3.63) is 59.4 Å². The summed E-state index contributed by atoms with van der Waals surface area (Å²) in [5.41, 5.74) is 1.51. The van der Waals surface area contributed by atoms with E-state index in [0.717, 1.165) is 31.7 Å². The van der Waals surface area contributed by atoms with Gasteiger partial charge >= 0.3 is 0 Å². The lowest BCUT2D eigenvalue weighted by molar-refractivity contribution is 0.144. The monoisotopic (exact) mass is 361 g/mol. The van der Waals surface area contributed by atoms with Crippen molar-refractivity contribution in [3.8, 4) is 11.5 Å². The van der Waals surface area contributed by atoms with Crippen LogP contribution in [0.5, 0.6) is 11.5 Å². The Bertz CT molecular complexity index is 663. The van der Waals surface area contributed by atoms with Crippen molar-refractivity contribution in [1.29, 1.82) is 0 Å². The van der Waals surface area contributed by atoms with Crippen LogP contribution in [0.1, 0.15) is 31.4 Å². The van der Waals surface area contributed by atoms with E-state index in [0.29, 0.717) is 30.2 Å². The number of halogens is 1. The molecule has 0 spiro atoms. The fourth-order valence-electron chi connectivity index (χ4n) is 2.57. The average Bonchev–Trinajstić information content (AvgIpc) is 2.65. The van der Waals surface area contributed by atoms with Gasteiger partial charge in [0.05, 0.1) is 6.61 Å². The Kier molecular flexibility index (Phi) is 8.93. The molecule has 0 fully saturated rings. The van der Waals surface area contributed by atoms with Crippen LogP contribution in [-0.4, -0.2) is 26.4 Å². The molecule has 2 rings (SSSR count). The minimum atomic E-state index is -0.267. The zero-order valence-electron chi connectivity index (χ0n) is 15.6. The molecular weight excluding hydrogens is 333 g/mol. The molecule has 1 N–H and O–H groups in total. The summed E-state index contributed by atoms with van der Waals surface area (Å²) in [7, 11) is 0. The Morgan fingerprint density at radius 1 is 0.923 bits per heavy atom. The number of hydrogen-bond acceptors (Lipinski definition) is 4. The second kappa shape index (κ2) is 11.5. The third-order valence-electron chi connectivity index (χ3n) is 3.85. The van der Waals surface area contributed by atoms with E-state index in [1.807, 2.05) is 32.0 Å². The molecule has 0 unspecified atom stereocenters. The molecule has 0 aromatic heterocycles. The highest BCUT2D eigenvalue weighted by Crippen LogP contribution is 2.32. The summed E-state index contributed by atoms with van der Waals surface area (Å²) in [6.07, 6.45) is 0.949. The maximum absolute atomic E-state index is 13.9. The highest BCUT2D eigenvalue weighted by Gasteiger charge is 2.12. The van der Waals surface area contributed by atoms with Crippen molar-refractivity contribution in [1.82, 2.24) is 5.32 Å². The molecule has 0 heterocycles. The average molecular weight is 361 g/mol. The van der Waals surface area contributed by atoms with Crippen LogP contribution >= 0.6 is 0 Å². The smallest absolute Gasteiger partial charge is 0.166 e. The Hall–Kier alpha value is -2.11. The standard InChI is InChI=1S/C21H28FNO3/c1-3-24-14-8-13-23-15-17-10-7-12-20(25-4-2)21(17)26-16-18-9-5-6-11-19(18)22/h5-7,9-12,23H,3-4,8,13-16H2,1-2H3. The van der Waals surface area contributed by atoms with E-state index in [1.165, 1.54) is 6.07 Å². The number of para-hydroxylation sites is 1. The zero-order valence-corrected chi connectivity index (χ0v) is 15.6. The van der Waals surface area contributed by atoms with E-state index in [1.54, 1.807) is 18.2 Å². The summed E-state index contributed by atoms with van der Waals surface area (Å²) in [5.74, 6) is 1.07. The van der Waals surface area contributed by atoms with Crippen LogP contribution in [0.15, 0.2) is 42.5 Å². The van der Waals surface area contributed by atoms with Crippen molar-refractivity contribution < 1.29 is 18.6 Å². The van der Waals surface area contributed by atoms with Crippen molar-refractivity contribution >= 4 is 0 Å². The predicted octanol–water partition coefficient (Wildman–Crippen LogP) is 4.32. The molecule has 0 aliphatic carbocycles. The minimum Gasteiger partial charge on any atom is -0.490 e. The van der Waals surface area contributed by atoms with Crippen molar-refractivity contribution in [2.24, 2.45) is 0 Å². The maximum Gasteiger partial charge on any atom is 0.166 e. The lowest BCUT2D eigenvalue weighted by atomic mass is 10.1. The van der Waals surface area contributed by atoms with Gasteiger partial charge < -0.3 is 19.5 Å². The van der Waals surface area contributed by atoms with Crippen LogP contribution in [0.3, 0.4) is 0 Å². The summed E-state index contributed by atoms with van der Waals surface area (Å²) in [4.78, 5) is 0. The highest BCUT2D eigenvalue weighted by atomic mass is 19.1. The van der Waals surface area contributed by atoms with Gasteiger partial charge in [0.25, 0.3) is 0 Å². The van der Waals surface area contributed by atoms with Gasteiger partial charge in [0.2, 0.25) is 0 Å². The second-order valence-electron chi connectivity index (χ2n) is 5.78. The first-order chi connectivity index (χ1) is 12.8. The molecular formula is C21H28FNO3. The van der Waals surface area contributed by atoms with Gasteiger partial charge in [0.15, 0.2) is 11.5 Å². The normalized spacial score (nSPS) is 10.7. The van der Waals surface area contributed by atoms with Crippen molar-refractivity contribution in [2.75, 3.05) is 26.4 Å². The largest absolute Gasteiger partial charge is 0.490 e. The lowest BCUT2D eigenvalue weighted by Gasteiger charge is -2.17. The number of rotatable bonds is 12. The molecule has 0 atom stereocenters. The quantitative estimate of drug-likeness (QED) is 0.572. The lowest BCUT2D eigenvalue weighted by Crippen LogP contribution is -2.17. The van der Waals surface area contributed by atoms with E-state index >= 15 is 0 Å². The summed E-state index contributed by atoms with van der Waals surface area (Å²) in [5, 5.41) is 3.39. The Balaban J connectivity index is 2.02. The number of benzene rings is 2. The van der Waals surface area contributed by atoms with E-state index in [-0.39, 0.29) is 12.4 Å². The molecule has 0 radical (unpaired) electrons. The summed E-state index contributed by atoms with van der Waals surface area (Å²) in [6, 6.07) is 12.4. The van der Waals surface area contributed by atoms with Gasteiger partial charge in [0, 0.05) is 30.9 Å². The van der Waals surface area contributed by atoms with Crippen LogP contribution in [0.4, 0.5) is 4.39 Å². The SMILES string of the molecule is CCOCCCNCc1cccc(OCC)c1OCc1ccccc1F. The van der Waals surface area contributed by atoms with Gasteiger partial charge in [-0.2, -0.15) is 0 Å². The van der Waals surface area contributed by atoms with Crippen LogP contribution in [0, 0.1) is 5.82 Å². The van der Waals surface area contributed by atoms with Gasteiger partial charge in [-0.1, -0.05) is 30.3 Å². The predicted molar refractivity (Wildman–Crippen MR) is 101 cm³/mol. The van der Waals surface area contributed by atoms with E-state index in [2.05, 4.69) is 5.32 Å². The topological polar surface area (TPSA) is 39.7 Å². The molecule has 26 heavy (non-hydrogen) atoms. The van der Waals surface area contributed by atoms with E-state index in [9.17, 15) is 4.39 Å². The van der Waals surface area contributed by atoms with Crippen molar-refractivity contribution in [2.45, 2.75) is 33.4 Å². The number of ether oxygens (including phenoxy) is 3. The summed E-state index contributed by atoms with van der Waals surface area (Å²) in [6.45, 7) is 7.62. The third-order valence-corrected chi connectivity index (χ3v) is 3.85. The van der Waals surface area contributed by atoms with Gasteiger partial charge in [-0.15, -0.1) is 0 Å². The number of hydrogen-bond donors (Lipinski definition) is 1. The molecule has 0 amide bonds. The molecule has 0 saturated carbocycles. The van der Waals surface area contributed by atoms with Crippen molar-refractivity contribution in [3.63, 3.8) is 0 Å². The Labute approximate surface area is 155 Å². The third kappa shape index (κ3) is 6.32. The van der Waals surface area contributed by atoms with Crippen LogP contribution < -0.4 is 14.8 Å². The first-order valence-corrected chi connectivity index (χ1v) is 9.15. The maximum atomic E-state index is 13.9. The van der Waals surface area contributed by atoms with Crippen LogP contribution in [0.25, 0.3) is 0 Å². The molecule has 0 aliphatic rings. The van der Waals surface area contributed by atoms with Crippen LogP contribution in [-0.2, 0) is 17.9 Å². The fourth-order valence-corrected chi connectivity index (χ4v) is 2.57. The zero-order chi connectivity index (χ0) is 18.6. The van der Waals surface area contributed by atoms with Gasteiger partial charge in [-0.25, -0.2) is 4.39 Å². The molecule has 2 aromatic carbocycles.